The van der Waals surface area contributed by atoms with E-state index in [2.05, 4.69) is 96.0 Å². The van der Waals surface area contributed by atoms with Gasteiger partial charge in [0, 0.05) is 65.1 Å². The first kappa shape index (κ1) is 49.1. The van der Waals surface area contributed by atoms with Crippen molar-refractivity contribution in [1.29, 1.82) is 0 Å². The summed E-state index contributed by atoms with van der Waals surface area (Å²) in [5, 5.41) is 22.4. The predicted octanol–water partition coefficient (Wildman–Crippen LogP) is 8.21. The maximum absolute atomic E-state index is 14.6. The molecule has 7 rings (SSSR count). The fourth-order valence-corrected chi connectivity index (χ4v) is 10.5. The second-order valence-corrected chi connectivity index (χ2v) is 20.4. The van der Waals surface area contributed by atoms with Crippen LogP contribution < -0.4 is 15.9 Å². The maximum Gasteiger partial charge on any atom is 0.351 e. The molecule has 0 spiro atoms. The summed E-state index contributed by atoms with van der Waals surface area (Å²) in [5.41, 5.74) is 7.25. The number of carbonyl (C=O) groups excluding carboxylic acids is 1. The Morgan fingerprint density at radius 3 is 2.41 bits per heavy atom. The second kappa shape index (κ2) is 19.8. The standard InChI is InChI=1S/C49H58ClF2N5O8S/c1-47(2)34-17-7-9-19-36(34)55(27-11-5-6-21-42(59)53-41-26-29-57(46(61)54-41)45-49(51,52)44(60)38(31-58)65-45)39(47)24-22-32-15-14-16-33(43(32)50)23-25-40-48(3,4)35-18-8-10-20-37(35)56(40)28-12-13-30-66(62,63)64/h7-10,17-20,22-26,29,38,44-45,58,60H,5-6,11-16,21,27-28,30-31H2,1-4H3,(H-,53,54,59,61,62,63,64)/p+1. The van der Waals surface area contributed by atoms with Crippen molar-refractivity contribution in [2.24, 2.45) is 0 Å². The number of hydrogen-bond acceptors (Lipinski definition) is 9. The molecule has 4 heterocycles. The van der Waals surface area contributed by atoms with Crippen molar-refractivity contribution in [3.8, 4) is 0 Å². The van der Waals surface area contributed by atoms with Gasteiger partial charge in [-0.15, -0.1) is 0 Å². The molecule has 1 fully saturated rings. The van der Waals surface area contributed by atoms with Crippen molar-refractivity contribution in [3.63, 3.8) is 0 Å². The van der Waals surface area contributed by atoms with Crippen LogP contribution in [0.15, 0.2) is 112 Å². The molecular formula is C49H59ClF2N5O8S+. The molecule has 3 unspecified atom stereocenters. The molecular weight excluding hydrogens is 892 g/mol. The number of unbranched alkanes of at least 4 members (excludes halogenated alkanes) is 3. The number of aromatic nitrogens is 2. The van der Waals surface area contributed by atoms with Gasteiger partial charge in [0.2, 0.25) is 17.8 Å². The Hall–Kier alpha value is -4.84. The Morgan fingerprint density at radius 2 is 1.70 bits per heavy atom. The molecule has 1 aromatic heterocycles. The van der Waals surface area contributed by atoms with Gasteiger partial charge < -0.3 is 25.2 Å². The Morgan fingerprint density at radius 1 is 0.970 bits per heavy atom. The smallest absolute Gasteiger partial charge is 0.351 e. The number of para-hydroxylation sites is 2. The molecule has 4 N–H and O–H groups in total. The number of amides is 1. The molecule has 0 bridgehead atoms. The molecule has 1 saturated heterocycles. The fraction of sp³-hybridized carbons (Fsp3) is 0.469. The van der Waals surface area contributed by atoms with Gasteiger partial charge in [0.25, 0.3) is 10.1 Å². The topological polar surface area (TPSA) is 174 Å². The molecule has 1 amide bonds. The number of fused-ring (bicyclic) bond motifs is 2. The van der Waals surface area contributed by atoms with Gasteiger partial charge in [-0.3, -0.25) is 13.9 Å². The molecule has 1 aliphatic carbocycles. The number of allylic oxidation sites excluding steroid dienone is 8. The number of benzene rings is 2. The lowest BCUT2D eigenvalue weighted by atomic mass is 9.81. The van der Waals surface area contributed by atoms with Crippen LogP contribution in [-0.4, -0.2) is 92.5 Å². The highest BCUT2D eigenvalue weighted by Crippen LogP contribution is 2.48. The normalized spacial score (nSPS) is 23.4. The fourth-order valence-electron chi connectivity index (χ4n) is 9.60. The number of halogens is 3. The Labute approximate surface area is 389 Å². The maximum atomic E-state index is 14.6. The van der Waals surface area contributed by atoms with E-state index < -0.39 is 46.8 Å². The summed E-state index contributed by atoms with van der Waals surface area (Å²) in [5.74, 6) is -4.60. The number of anilines is 2. The summed E-state index contributed by atoms with van der Waals surface area (Å²) in [4.78, 5) is 31.5. The van der Waals surface area contributed by atoms with E-state index >= 15 is 0 Å². The summed E-state index contributed by atoms with van der Waals surface area (Å²) in [7, 11) is -4.03. The summed E-state index contributed by atoms with van der Waals surface area (Å²) in [6, 6.07) is 17.8. The quantitative estimate of drug-likeness (QED) is 0.0587. The van der Waals surface area contributed by atoms with Crippen molar-refractivity contribution in [3.05, 3.63) is 129 Å². The molecule has 2 aromatic carbocycles. The number of carbonyl (C=O) groups is 1. The SMILES string of the molecule is CC1(C)C(/C=C/C2=C(Cl)C(=C/C=C3/N(CCCCCC(=O)Nc4ccn(C5OC(CO)C(O)C5(F)F)c(=O)n4)c4ccccc4C3(C)C)/CCC2)=[N+](CCCCS(=O)(=O)O)c2ccccc21. The molecule has 17 heteroatoms. The number of nitrogens with one attached hydrogen (secondary N) is 1. The van der Waals surface area contributed by atoms with Crippen LogP contribution in [-0.2, 0) is 30.5 Å². The number of nitrogens with zero attached hydrogens (tertiary/aromatic N) is 4. The zero-order valence-electron chi connectivity index (χ0n) is 37.7. The van der Waals surface area contributed by atoms with Gasteiger partial charge in [-0.05, 0) is 87.3 Å². The Bertz CT molecular complexity index is 2670. The lowest BCUT2D eigenvalue weighted by molar-refractivity contribution is -0.438. The van der Waals surface area contributed by atoms with Gasteiger partial charge in [0.1, 0.15) is 18.5 Å². The molecule has 0 saturated carbocycles. The number of aliphatic hydroxyl groups excluding tert-OH is 2. The van der Waals surface area contributed by atoms with Gasteiger partial charge >= 0.3 is 11.6 Å². The largest absolute Gasteiger partial charge is 0.394 e. The predicted molar refractivity (Wildman–Crippen MR) is 251 cm³/mol. The van der Waals surface area contributed by atoms with Crippen molar-refractivity contribution in [1.82, 2.24) is 9.55 Å². The minimum absolute atomic E-state index is 0.101. The summed E-state index contributed by atoms with van der Waals surface area (Å²) < 4.78 is 69.1. The van der Waals surface area contributed by atoms with Gasteiger partial charge in [0.05, 0.1) is 17.8 Å². The van der Waals surface area contributed by atoms with E-state index in [0.29, 0.717) is 36.9 Å². The molecule has 13 nitrogen and oxygen atoms in total. The molecule has 354 valence electrons. The Balaban J connectivity index is 1.01. The van der Waals surface area contributed by atoms with Crippen LogP contribution in [0.2, 0.25) is 0 Å². The lowest BCUT2D eigenvalue weighted by Crippen LogP contribution is -2.41. The van der Waals surface area contributed by atoms with E-state index in [1.807, 2.05) is 24.3 Å². The zero-order valence-corrected chi connectivity index (χ0v) is 39.3. The number of rotatable bonds is 17. The first-order chi connectivity index (χ1) is 31.3. The van der Waals surface area contributed by atoms with Crippen LogP contribution in [0, 0.1) is 0 Å². The summed E-state index contributed by atoms with van der Waals surface area (Å²) >= 11 is 7.23. The molecule has 0 radical (unpaired) electrons. The van der Waals surface area contributed by atoms with Crippen LogP contribution in [0.4, 0.5) is 26.0 Å². The Kier molecular flexibility index (Phi) is 14.7. The lowest BCUT2D eigenvalue weighted by Gasteiger charge is -2.27. The van der Waals surface area contributed by atoms with Gasteiger partial charge in [-0.2, -0.15) is 26.8 Å². The number of ether oxygens (including phenoxy) is 1. The van der Waals surface area contributed by atoms with Crippen LogP contribution in [0.3, 0.4) is 0 Å². The monoisotopic (exact) mass is 950 g/mol. The van der Waals surface area contributed by atoms with Crippen molar-refractivity contribution in [2.75, 3.05) is 35.7 Å². The highest BCUT2D eigenvalue weighted by atomic mass is 35.5. The second-order valence-electron chi connectivity index (χ2n) is 18.4. The zero-order chi connectivity index (χ0) is 47.6. The van der Waals surface area contributed by atoms with Crippen LogP contribution in [0.1, 0.15) is 103 Å². The first-order valence-corrected chi connectivity index (χ1v) is 24.5. The van der Waals surface area contributed by atoms with Crippen LogP contribution in [0.25, 0.3) is 0 Å². The highest BCUT2D eigenvalue weighted by molar-refractivity contribution is 7.85. The molecule has 3 atom stereocenters. The van der Waals surface area contributed by atoms with Crippen molar-refractivity contribution >= 4 is 50.5 Å². The van der Waals surface area contributed by atoms with Crippen molar-refractivity contribution in [2.45, 2.75) is 121 Å². The van der Waals surface area contributed by atoms with E-state index in [1.165, 1.54) is 17.2 Å². The third-order valence-corrected chi connectivity index (χ3v) is 14.5. The van der Waals surface area contributed by atoms with Gasteiger partial charge in [0.15, 0.2) is 11.8 Å². The molecule has 66 heavy (non-hydrogen) atoms. The van der Waals surface area contributed by atoms with E-state index in [-0.39, 0.29) is 34.7 Å². The highest BCUT2D eigenvalue weighted by Gasteiger charge is 2.59. The summed E-state index contributed by atoms with van der Waals surface area (Å²) in [6.45, 7) is 9.27. The first-order valence-electron chi connectivity index (χ1n) is 22.5. The van der Waals surface area contributed by atoms with Gasteiger partial charge in [-0.1, -0.05) is 80.4 Å². The van der Waals surface area contributed by atoms with Crippen LogP contribution in [0.5, 0.6) is 0 Å². The molecule has 3 aliphatic heterocycles. The van der Waals surface area contributed by atoms with E-state index in [1.54, 1.807) is 0 Å². The van der Waals surface area contributed by atoms with Crippen LogP contribution >= 0.6 is 11.6 Å². The third kappa shape index (κ3) is 10.2. The average Bonchev–Trinajstić information content (AvgIpc) is 3.73. The minimum atomic E-state index is -4.03. The van der Waals surface area contributed by atoms with Gasteiger partial charge in [-0.25, -0.2) is 4.79 Å². The molecule has 4 aliphatic rings. The number of aliphatic hydroxyl groups is 2. The number of alkyl halides is 2. The van der Waals surface area contributed by atoms with E-state index in [9.17, 15) is 41.6 Å². The third-order valence-electron chi connectivity index (χ3n) is 13.2. The molecule has 3 aromatic rings. The number of hydrogen-bond donors (Lipinski definition) is 4. The summed E-state index contributed by atoms with van der Waals surface area (Å²) in [6.07, 6.45) is 9.35. The minimum Gasteiger partial charge on any atom is -0.394 e. The van der Waals surface area contributed by atoms with E-state index in [4.69, 9.17) is 16.3 Å². The average molecular weight is 952 g/mol. The van der Waals surface area contributed by atoms with E-state index in [0.717, 1.165) is 77.3 Å². The van der Waals surface area contributed by atoms with Crippen molar-refractivity contribution < 1.29 is 46.1 Å².